The summed E-state index contributed by atoms with van der Waals surface area (Å²) in [6.07, 6.45) is 0. The number of hydrogen-bond acceptors (Lipinski definition) is 2. The van der Waals surface area contributed by atoms with Crippen LogP contribution in [0.15, 0.2) is 24.3 Å². The summed E-state index contributed by atoms with van der Waals surface area (Å²) in [5, 5.41) is 13.2. The summed E-state index contributed by atoms with van der Waals surface area (Å²) in [6.45, 7) is 3.95. The zero-order chi connectivity index (χ0) is 12.6. The van der Waals surface area contributed by atoms with Crippen molar-refractivity contribution < 1.29 is 9.90 Å². The molecule has 0 saturated carbocycles. The van der Waals surface area contributed by atoms with Gasteiger partial charge in [-0.2, -0.15) is 5.10 Å². The second kappa shape index (κ2) is 4.05. The van der Waals surface area contributed by atoms with E-state index < -0.39 is 5.97 Å². The van der Waals surface area contributed by atoms with Crippen molar-refractivity contribution in [3.63, 3.8) is 0 Å². The van der Waals surface area contributed by atoms with E-state index in [2.05, 4.69) is 5.10 Å². The van der Waals surface area contributed by atoms with Crippen molar-refractivity contribution in [3.05, 3.63) is 41.2 Å². The van der Waals surface area contributed by atoms with Gasteiger partial charge in [-0.05, 0) is 31.5 Å². The number of aromatic carboxylic acids is 1. The van der Waals surface area contributed by atoms with Crippen molar-refractivity contribution in [2.24, 2.45) is 7.05 Å². The van der Waals surface area contributed by atoms with Gasteiger partial charge in [-0.3, -0.25) is 4.68 Å². The van der Waals surface area contributed by atoms with Gasteiger partial charge < -0.3 is 5.11 Å². The molecular formula is C13H14N2O2. The average Bonchev–Trinajstić information content (AvgIpc) is 2.53. The smallest absolute Gasteiger partial charge is 0.335 e. The van der Waals surface area contributed by atoms with Crippen LogP contribution in [0.5, 0.6) is 0 Å². The fourth-order valence-electron chi connectivity index (χ4n) is 1.97. The molecule has 0 atom stereocenters. The molecule has 0 aliphatic heterocycles. The first-order valence-corrected chi connectivity index (χ1v) is 5.34. The third-order valence-electron chi connectivity index (χ3n) is 2.93. The van der Waals surface area contributed by atoms with Crippen LogP contribution in [0.4, 0.5) is 0 Å². The van der Waals surface area contributed by atoms with Gasteiger partial charge in [-0.15, -0.1) is 0 Å². The van der Waals surface area contributed by atoms with Crippen LogP contribution in [-0.4, -0.2) is 20.9 Å². The van der Waals surface area contributed by atoms with E-state index in [0.717, 1.165) is 22.5 Å². The van der Waals surface area contributed by atoms with Crippen molar-refractivity contribution in [1.82, 2.24) is 9.78 Å². The van der Waals surface area contributed by atoms with Gasteiger partial charge in [0.2, 0.25) is 0 Å². The molecule has 0 fully saturated rings. The van der Waals surface area contributed by atoms with Gasteiger partial charge in [-0.25, -0.2) is 4.79 Å². The molecule has 88 valence electrons. The zero-order valence-electron chi connectivity index (χ0n) is 10.1. The highest BCUT2D eigenvalue weighted by molar-refractivity contribution is 5.88. The summed E-state index contributed by atoms with van der Waals surface area (Å²) >= 11 is 0. The zero-order valence-corrected chi connectivity index (χ0v) is 10.1. The first kappa shape index (κ1) is 11.4. The Balaban J connectivity index is 2.50. The van der Waals surface area contributed by atoms with E-state index in [1.807, 2.05) is 37.7 Å². The number of carbonyl (C=O) groups is 1. The van der Waals surface area contributed by atoms with Crippen LogP contribution in [-0.2, 0) is 7.05 Å². The molecule has 4 nitrogen and oxygen atoms in total. The monoisotopic (exact) mass is 230 g/mol. The number of benzene rings is 1. The van der Waals surface area contributed by atoms with E-state index in [-0.39, 0.29) is 0 Å². The van der Waals surface area contributed by atoms with Gasteiger partial charge in [0, 0.05) is 18.3 Å². The van der Waals surface area contributed by atoms with Gasteiger partial charge in [0.25, 0.3) is 0 Å². The molecule has 1 N–H and O–H groups in total. The van der Waals surface area contributed by atoms with E-state index in [1.54, 1.807) is 12.1 Å². The number of aromatic nitrogens is 2. The maximum absolute atomic E-state index is 10.8. The molecule has 2 aromatic rings. The lowest BCUT2D eigenvalue weighted by Gasteiger charge is -2.03. The normalized spacial score (nSPS) is 10.5. The van der Waals surface area contributed by atoms with Gasteiger partial charge in [0.15, 0.2) is 0 Å². The molecule has 1 aromatic heterocycles. The Bertz CT molecular complexity index is 568. The maximum atomic E-state index is 10.8. The van der Waals surface area contributed by atoms with Crippen LogP contribution in [0.1, 0.15) is 21.7 Å². The Morgan fingerprint density at radius 3 is 2.24 bits per heavy atom. The van der Waals surface area contributed by atoms with E-state index >= 15 is 0 Å². The minimum atomic E-state index is -0.906. The fourth-order valence-corrected chi connectivity index (χ4v) is 1.97. The topological polar surface area (TPSA) is 55.1 Å². The third-order valence-corrected chi connectivity index (χ3v) is 2.93. The molecule has 17 heavy (non-hydrogen) atoms. The van der Waals surface area contributed by atoms with Crippen molar-refractivity contribution in [3.8, 4) is 11.1 Å². The summed E-state index contributed by atoms with van der Waals surface area (Å²) in [5.74, 6) is -0.906. The van der Waals surface area contributed by atoms with Crippen LogP contribution in [0.2, 0.25) is 0 Å². The van der Waals surface area contributed by atoms with E-state index in [4.69, 9.17) is 5.11 Å². The minimum absolute atomic E-state index is 0.299. The molecule has 0 saturated heterocycles. The standard InChI is InChI=1S/C13H14N2O2/c1-8-12(9(2)15(3)14-8)10-4-6-11(7-5-10)13(16)17/h4-7H,1-3H3,(H,16,17). The third kappa shape index (κ3) is 1.93. The first-order valence-electron chi connectivity index (χ1n) is 5.34. The SMILES string of the molecule is Cc1nn(C)c(C)c1-c1ccc(C(=O)O)cc1. The van der Waals surface area contributed by atoms with E-state index in [9.17, 15) is 4.79 Å². The van der Waals surface area contributed by atoms with E-state index in [0.29, 0.717) is 5.56 Å². The molecule has 1 heterocycles. The number of aryl methyl sites for hydroxylation is 2. The molecule has 0 aliphatic rings. The summed E-state index contributed by atoms with van der Waals surface area (Å²) in [4.78, 5) is 10.8. The maximum Gasteiger partial charge on any atom is 0.335 e. The van der Waals surface area contributed by atoms with Gasteiger partial charge in [0.1, 0.15) is 0 Å². The molecular weight excluding hydrogens is 216 g/mol. The molecule has 4 heteroatoms. The number of rotatable bonds is 2. The summed E-state index contributed by atoms with van der Waals surface area (Å²) in [7, 11) is 1.90. The Morgan fingerprint density at radius 2 is 1.82 bits per heavy atom. The highest BCUT2D eigenvalue weighted by Crippen LogP contribution is 2.26. The minimum Gasteiger partial charge on any atom is -0.478 e. The first-order chi connectivity index (χ1) is 8.00. The number of carboxylic acid groups (broad SMARTS) is 1. The lowest BCUT2D eigenvalue weighted by molar-refractivity contribution is 0.0697. The fraction of sp³-hybridized carbons (Fsp3) is 0.231. The van der Waals surface area contributed by atoms with Crippen molar-refractivity contribution >= 4 is 5.97 Å². The van der Waals surface area contributed by atoms with Gasteiger partial charge >= 0.3 is 5.97 Å². The molecule has 0 bridgehead atoms. The van der Waals surface area contributed by atoms with E-state index in [1.165, 1.54) is 0 Å². The number of hydrogen-bond donors (Lipinski definition) is 1. The summed E-state index contributed by atoms with van der Waals surface area (Å²) in [6, 6.07) is 6.87. The van der Waals surface area contributed by atoms with Crippen LogP contribution in [0.3, 0.4) is 0 Å². The molecule has 0 unspecified atom stereocenters. The molecule has 0 radical (unpaired) electrons. The number of nitrogens with zero attached hydrogens (tertiary/aromatic N) is 2. The Labute approximate surface area is 99.5 Å². The quantitative estimate of drug-likeness (QED) is 0.861. The van der Waals surface area contributed by atoms with Crippen LogP contribution in [0.25, 0.3) is 11.1 Å². The molecule has 1 aromatic carbocycles. The number of carboxylic acids is 1. The van der Waals surface area contributed by atoms with Gasteiger partial charge in [-0.1, -0.05) is 12.1 Å². The second-order valence-corrected chi connectivity index (χ2v) is 4.05. The predicted octanol–water partition coefficient (Wildman–Crippen LogP) is 2.40. The molecule has 0 aliphatic carbocycles. The van der Waals surface area contributed by atoms with Crippen LogP contribution >= 0.6 is 0 Å². The highest BCUT2D eigenvalue weighted by atomic mass is 16.4. The predicted molar refractivity (Wildman–Crippen MR) is 65.1 cm³/mol. The lowest BCUT2D eigenvalue weighted by atomic mass is 10.0. The van der Waals surface area contributed by atoms with Crippen molar-refractivity contribution in [2.45, 2.75) is 13.8 Å². The van der Waals surface area contributed by atoms with Crippen molar-refractivity contribution in [1.29, 1.82) is 0 Å². The Hall–Kier alpha value is -2.10. The lowest BCUT2D eigenvalue weighted by Crippen LogP contribution is -1.95. The molecule has 0 amide bonds. The summed E-state index contributed by atoms with van der Waals surface area (Å²) in [5.41, 5.74) is 4.40. The Morgan fingerprint density at radius 1 is 1.24 bits per heavy atom. The molecule has 0 spiro atoms. The largest absolute Gasteiger partial charge is 0.478 e. The molecule has 2 rings (SSSR count). The Kier molecular flexibility index (Phi) is 2.71. The average molecular weight is 230 g/mol. The second-order valence-electron chi connectivity index (χ2n) is 4.05. The van der Waals surface area contributed by atoms with Crippen LogP contribution in [0, 0.1) is 13.8 Å². The van der Waals surface area contributed by atoms with Crippen molar-refractivity contribution in [2.75, 3.05) is 0 Å². The summed E-state index contributed by atoms with van der Waals surface area (Å²) < 4.78 is 1.83. The van der Waals surface area contributed by atoms with Crippen LogP contribution < -0.4 is 0 Å². The highest BCUT2D eigenvalue weighted by Gasteiger charge is 2.12. The van der Waals surface area contributed by atoms with Gasteiger partial charge in [0.05, 0.1) is 11.3 Å².